The second kappa shape index (κ2) is 7.45. The molecule has 0 unspecified atom stereocenters. The van der Waals surface area contributed by atoms with Crippen LogP contribution in [0.15, 0.2) is 72.9 Å². The molecule has 3 aromatic rings. The standard InChI is InChI=1S/C20H20N2O/c1-16-5-4-6-18(13-16)15-23-19-10-8-17(9-11-19)14-22-20-7-2-3-12-21-20/h2-13H,14-15H2,1H3,(H,21,22). The van der Waals surface area contributed by atoms with Gasteiger partial charge in [-0.25, -0.2) is 4.98 Å². The molecule has 0 saturated carbocycles. The molecule has 1 aromatic heterocycles. The predicted molar refractivity (Wildman–Crippen MR) is 93.5 cm³/mol. The maximum Gasteiger partial charge on any atom is 0.126 e. The topological polar surface area (TPSA) is 34.1 Å². The number of nitrogens with zero attached hydrogens (tertiary/aromatic N) is 1. The molecule has 0 saturated heterocycles. The number of aryl methyl sites for hydroxylation is 1. The second-order valence-corrected chi connectivity index (χ2v) is 5.49. The van der Waals surface area contributed by atoms with Crippen molar-refractivity contribution in [2.75, 3.05) is 5.32 Å². The van der Waals surface area contributed by atoms with Crippen LogP contribution in [-0.4, -0.2) is 4.98 Å². The molecular formula is C20H20N2O. The Morgan fingerprint density at radius 2 is 1.78 bits per heavy atom. The van der Waals surface area contributed by atoms with Crippen LogP contribution in [0.3, 0.4) is 0 Å². The van der Waals surface area contributed by atoms with Crippen LogP contribution < -0.4 is 10.1 Å². The molecule has 23 heavy (non-hydrogen) atoms. The van der Waals surface area contributed by atoms with Crippen molar-refractivity contribution in [3.63, 3.8) is 0 Å². The van der Waals surface area contributed by atoms with E-state index in [2.05, 4.69) is 53.6 Å². The first-order chi connectivity index (χ1) is 11.3. The molecule has 116 valence electrons. The first-order valence-corrected chi connectivity index (χ1v) is 7.72. The van der Waals surface area contributed by atoms with E-state index >= 15 is 0 Å². The summed E-state index contributed by atoms with van der Waals surface area (Å²) in [4.78, 5) is 4.25. The fourth-order valence-electron chi connectivity index (χ4n) is 2.33. The maximum atomic E-state index is 5.83. The molecule has 3 heteroatoms. The van der Waals surface area contributed by atoms with Gasteiger partial charge in [-0.1, -0.05) is 48.0 Å². The molecule has 2 aromatic carbocycles. The summed E-state index contributed by atoms with van der Waals surface area (Å²) in [7, 11) is 0. The summed E-state index contributed by atoms with van der Waals surface area (Å²) in [5.41, 5.74) is 3.63. The van der Waals surface area contributed by atoms with Crippen LogP contribution in [0, 0.1) is 6.92 Å². The summed E-state index contributed by atoms with van der Waals surface area (Å²) in [6, 6.07) is 22.4. The van der Waals surface area contributed by atoms with E-state index in [1.54, 1.807) is 6.20 Å². The monoisotopic (exact) mass is 304 g/mol. The average molecular weight is 304 g/mol. The Morgan fingerprint density at radius 1 is 0.913 bits per heavy atom. The van der Waals surface area contributed by atoms with Gasteiger partial charge in [-0.3, -0.25) is 0 Å². The van der Waals surface area contributed by atoms with Gasteiger partial charge >= 0.3 is 0 Å². The van der Waals surface area contributed by atoms with Gasteiger partial charge in [0.05, 0.1) is 0 Å². The van der Waals surface area contributed by atoms with Gasteiger partial charge in [-0.05, 0) is 42.3 Å². The molecule has 1 heterocycles. The third kappa shape index (κ3) is 4.58. The van der Waals surface area contributed by atoms with Gasteiger partial charge in [0.15, 0.2) is 0 Å². The zero-order chi connectivity index (χ0) is 15.9. The Labute approximate surface area is 137 Å². The van der Waals surface area contributed by atoms with Crippen molar-refractivity contribution in [2.24, 2.45) is 0 Å². The van der Waals surface area contributed by atoms with E-state index in [4.69, 9.17) is 4.74 Å². The molecule has 1 N–H and O–H groups in total. The van der Waals surface area contributed by atoms with Gasteiger partial charge in [0, 0.05) is 12.7 Å². The molecule has 0 bridgehead atoms. The number of aromatic nitrogens is 1. The number of pyridine rings is 1. The number of anilines is 1. The van der Waals surface area contributed by atoms with Gasteiger partial charge < -0.3 is 10.1 Å². The van der Waals surface area contributed by atoms with Crippen molar-refractivity contribution in [3.8, 4) is 5.75 Å². The first kappa shape index (κ1) is 15.1. The van der Waals surface area contributed by atoms with Crippen molar-refractivity contribution in [1.29, 1.82) is 0 Å². The van der Waals surface area contributed by atoms with Crippen molar-refractivity contribution in [1.82, 2.24) is 4.98 Å². The lowest BCUT2D eigenvalue weighted by Crippen LogP contribution is -2.01. The van der Waals surface area contributed by atoms with E-state index in [0.717, 1.165) is 18.1 Å². The Hall–Kier alpha value is -2.81. The van der Waals surface area contributed by atoms with Crippen LogP contribution in [0.2, 0.25) is 0 Å². The van der Waals surface area contributed by atoms with Gasteiger partial charge in [-0.2, -0.15) is 0 Å². The van der Waals surface area contributed by atoms with E-state index < -0.39 is 0 Å². The summed E-state index contributed by atoms with van der Waals surface area (Å²) < 4.78 is 5.83. The van der Waals surface area contributed by atoms with Crippen LogP contribution in [-0.2, 0) is 13.2 Å². The molecular weight excluding hydrogens is 284 g/mol. The Balaban J connectivity index is 1.52. The first-order valence-electron chi connectivity index (χ1n) is 7.72. The van der Waals surface area contributed by atoms with Gasteiger partial charge in [-0.15, -0.1) is 0 Å². The van der Waals surface area contributed by atoms with E-state index in [-0.39, 0.29) is 0 Å². The molecule has 0 radical (unpaired) electrons. The second-order valence-electron chi connectivity index (χ2n) is 5.49. The van der Waals surface area contributed by atoms with E-state index in [9.17, 15) is 0 Å². The van der Waals surface area contributed by atoms with Crippen LogP contribution in [0.1, 0.15) is 16.7 Å². The van der Waals surface area contributed by atoms with Gasteiger partial charge in [0.1, 0.15) is 18.2 Å². The summed E-state index contributed by atoms with van der Waals surface area (Å²) in [5, 5.41) is 3.29. The van der Waals surface area contributed by atoms with Crippen LogP contribution in [0.5, 0.6) is 5.75 Å². The maximum absolute atomic E-state index is 5.83. The van der Waals surface area contributed by atoms with Crippen LogP contribution >= 0.6 is 0 Å². The Bertz CT molecular complexity index is 739. The van der Waals surface area contributed by atoms with Gasteiger partial charge in [0.2, 0.25) is 0 Å². The Morgan fingerprint density at radius 3 is 2.52 bits per heavy atom. The summed E-state index contributed by atoms with van der Waals surface area (Å²) in [6.45, 7) is 3.43. The zero-order valence-electron chi connectivity index (χ0n) is 13.2. The normalized spacial score (nSPS) is 10.3. The molecule has 0 fully saturated rings. The fraction of sp³-hybridized carbons (Fsp3) is 0.150. The highest BCUT2D eigenvalue weighted by molar-refractivity contribution is 5.36. The van der Waals surface area contributed by atoms with Crippen molar-refractivity contribution in [3.05, 3.63) is 89.6 Å². The minimum absolute atomic E-state index is 0.590. The quantitative estimate of drug-likeness (QED) is 0.723. The van der Waals surface area contributed by atoms with Crippen LogP contribution in [0.4, 0.5) is 5.82 Å². The summed E-state index contributed by atoms with van der Waals surface area (Å²) >= 11 is 0. The molecule has 3 rings (SSSR count). The number of hydrogen-bond acceptors (Lipinski definition) is 3. The lowest BCUT2D eigenvalue weighted by Gasteiger charge is -2.09. The third-order valence-electron chi connectivity index (χ3n) is 3.55. The summed E-state index contributed by atoms with van der Waals surface area (Å²) in [5.74, 6) is 1.76. The average Bonchev–Trinajstić information content (AvgIpc) is 2.60. The molecule has 3 nitrogen and oxygen atoms in total. The number of hydrogen-bond donors (Lipinski definition) is 1. The van der Waals surface area contributed by atoms with E-state index in [1.165, 1.54) is 16.7 Å². The van der Waals surface area contributed by atoms with Crippen molar-refractivity contribution >= 4 is 5.82 Å². The highest BCUT2D eigenvalue weighted by Crippen LogP contribution is 2.15. The summed E-state index contributed by atoms with van der Waals surface area (Å²) in [6.07, 6.45) is 1.78. The molecule has 0 atom stereocenters. The third-order valence-corrected chi connectivity index (χ3v) is 3.55. The SMILES string of the molecule is Cc1cccc(COc2ccc(CNc3ccccn3)cc2)c1. The lowest BCUT2D eigenvalue weighted by molar-refractivity contribution is 0.306. The van der Waals surface area contributed by atoms with E-state index in [1.807, 2.05) is 30.3 Å². The number of nitrogens with one attached hydrogen (secondary N) is 1. The fourth-order valence-corrected chi connectivity index (χ4v) is 2.33. The van der Waals surface area contributed by atoms with Crippen molar-refractivity contribution in [2.45, 2.75) is 20.1 Å². The van der Waals surface area contributed by atoms with Gasteiger partial charge in [0.25, 0.3) is 0 Å². The highest BCUT2D eigenvalue weighted by Gasteiger charge is 1.98. The predicted octanol–water partition coefficient (Wildman–Crippen LogP) is 4.58. The Kier molecular flexibility index (Phi) is 4.89. The minimum atomic E-state index is 0.590. The number of benzene rings is 2. The largest absolute Gasteiger partial charge is 0.489 e. The van der Waals surface area contributed by atoms with Crippen molar-refractivity contribution < 1.29 is 4.74 Å². The molecule has 0 aliphatic rings. The minimum Gasteiger partial charge on any atom is -0.489 e. The number of ether oxygens (including phenoxy) is 1. The van der Waals surface area contributed by atoms with E-state index in [0.29, 0.717) is 6.61 Å². The molecule has 0 amide bonds. The molecule has 0 spiro atoms. The number of rotatable bonds is 6. The highest BCUT2D eigenvalue weighted by atomic mass is 16.5. The van der Waals surface area contributed by atoms with Crippen LogP contribution in [0.25, 0.3) is 0 Å². The molecule has 0 aliphatic heterocycles. The molecule has 0 aliphatic carbocycles. The zero-order valence-corrected chi connectivity index (χ0v) is 13.2. The smallest absolute Gasteiger partial charge is 0.126 e. The lowest BCUT2D eigenvalue weighted by atomic mass is 10.1.